The molecule has 0 unspecified atom stereocenters. The third-order valence-electron chi connectivity index (χ3n) is 4.54. The van der Waals surface area contributed by atoms with E-state index in [-0.39, 0.29) is 0 Å². The molecule has 8 heteroatoms. The van der Waals surface area contributed by atoms with Crippen LogP contribution >= 0.6 is 11.6 Å². The summed E-state index contributed by atoms with van der Waals surface area (Å²) < 4.78 is 0. The maximum atomic E-state index is 5.92. The Morgan fingerprint density at radius 2 is 1.59 bits per heavy atom. The van der Waals surface area contributed by atoms with Crippen molar-refractivity contribution < 1.29 is 0 Å². The first-order chi connectivity index (χ1) is 14.3. The second-order valence-electron chi connectivity index (χ2n) is 6.74. The second kappa shape index (κ2) is 9.34. The Hall–Kier alpha value is -3.19. The van der Waals surface area contributed by atoms with Gasteiger partial charge in [0.1, 0.15) is 0 Å². The molecule has 0 aliphatic carbocycles. The Morgan fingerprint density at radius 1 is 0.862 bits per heavy atom. The van der Waals surface area contributed by atoms with Gasteiger partial charge in [0.15, 0.2) is 0 Å². The summed E-state index contributed by atoms with van der Waals surface area (Å²) in [5, 5.41) is 8.19. The lowest BCUT2D eigenvalue weighted by atomic mass is 10.1. The van der Waals surface area contributed by atoms with E-state index in [0.29, 0.717) is 22.9 Å². The van der Waals surface area contributed by atoms with Crippen LogP contribution in [-0.4, -0.2) is 34.3 Å². The molecule has 0 saturated carbocycles. The summed E-state index contributed by atoms with van der Waals surface area (Å²) >= 11 is 5.92. The van der Waals surface area contributed by atoms with Gasteiger partial charge < -0.3 is 10.2 Å². The van der Waals surface area contributed by atoms with Crippen molar-refractivity contribution in [1.82, 2.24) is 15.0 Å². The predicted octanol–water partition coefficient (Wildman–Crippen LogP) is 4.70. The normalized spacial score (nSPS) is 14.2. The van der Waals surface area contributed by atoms with Gasteiger partial charge in [0.25, 0.3) is 0 Å². The van der Waals surface area contributed by atoms with E-state index in [1.54, 1.807) is 6.21 Å². The molecule has 0 atom stereocenters. The van der Waals surface area contributed by atoms with Crippen molar-refractivity contribution in [2.24, 2.45) is 5.10 Å². The average Bonchev–Trinajstić information content (AvgIpc) is 2.76. The van der Waals surface area contributed by atoms with Gasteiger partial charge in [0.2, 0.25) is 17.8 Å². The van der Waals surface area contributed by atoms with Crippen LogP contribution in [0.4, 0.5) is 23.5 Å². The van der Waals surface area contributed by atoms with Gasteiger partial charge >= 0.3 is 0 Å². The standard InChI is InChI=1S/C21H22ClN7/c22-17-11-9-16(10-12-17)15-23-28-20-25-19(24-18-7-3-1-4-8-18)26-21(27-20)29-13-5-2-6-14-29/h1,3-4,7-12,15H,2,5-6,13-14H2,(H2,24,25,26,27,28)/b23-15+. The Labute approximate surface area is 174 Å². The molecule has 1 saturated heterocycles. The van der Waals surface area contributed by atoms with Crippen LogP contribution in [-0.2, 0) is 0 Å². The van der Waals surface area contributed by atoms with Crippen LogP contribution < -0.4 is 15.6 Å². The molecule has 29 heavy (non-hydrogen) atoms. The van der Waals surface area contributed by atoms with Crippen LogP contribution in [0.2, 0.25) is 5.02 Å². The highest BCUT2D eigenvalue weighted by molar-refractivity contribution is 6.30. The summed E-state index contributed by atoms with van der Waals surface area (Å²) in [6.07, 6.45) is 5.23. The smallest absolute Gasteiger partial charge is 0.250 e. The van der Waals surface area contributed by atoms with Crippen molar-refractivity contribution in [1.29, 1.82) is 0 Å². The zero-order valence-corrected chi connectivity index (χ0v) is 16.7. The highest BCUT2D eigenvalue weighted by atomic mass is 35.5. The monoisotopic (exact) mass is 407 g/mol. The number of hydrogen-bond donors (Lipinski definition) is 2. The van der Waals surface area contributed by atoms with Crippen molar-refractivity contribution in [3.05, 3.63) is 65.2 Å². The molecule has 148 valence electrons. The minimum atomic E-state index is 0.393. The summed E-state index contributed by atoms with van der Waals surface area (Å²) in [4.78, 5) is 15.8. The number of piperidine rings is 1. The number of aromatic nitrogens is 3. The van der Waals surface area contributed by atoms with Crippen molar-refractivity contribution in [2.45, 2.75) is 19.3 Å². The van der Waals surface area contributed by atoms with Crippen molar-refractivity contribution >= 4 is 41.3 Å². The van der Waals surface area contributed by atoms with Gasteiger partial charge in [-0.25, -0.2) is 5.43 Å². The molecule has 0 bridgehead atoms. The molecule has 0 spiro atoms. The number of rotatable bonds is 6. The Morgan fingerprint density at radius 3 is 2.34 bits per heavy atom. The lowest BCUT2D eigenvalue weighted by Crippen LogP contribution is -2.31. The highest BCUT2D eigenvalue weighted by Crippen LogP contribution is 2.20. The number of hydrogen-bond acceptors (Lipinski definition) is 7. The number of nitrogens with one attached hydrogen (secondary N) is 2. The first-order valence-electron chi connectivity index (χ1n) is 9.64. The predicted molar refractivity (Wildman–Crippen MR) is 118 cm³/mol. The van der Waals surface area contributed by atoms with Crippen LogP contribution in [0.3, 0.4) is 0 Å². The van der Waals surface area contributed by atoms with E-state index in [9.17, 15) is 0 Å². The molecule has 2 aromatic carbocycles. The van der Waals surface area contributed by atoms with Gasteiger partial charge in [-0.15, -0.1) is 0 Å². The van der Waals surface area contributed by atoms with Crippen molar-refractivity contribution in [3.63, 3.8) is 0 Å². The minimum absolute atomic E-state index is 0.393. The van der Waals surface area contributed by atoms with E-state index < -0.39 is 0 Å². The number of hydrazone groups is 1. The van der Waals surface area contributed by atoms with E-state index in [1.165, 1.54) is 6.42 Å². The van der Waals surface area contributed by atoms with Gasteiger partial charge in [-0.05, 0) is 49.1 Å². The number of halogens is 1. The van der Waals surface area contributed by atoms with Crippen LogP contribution in [0.1, 0.15) is 24.8 Å². The molecule has 1 aliphatic heterocycles. The summed E-state index contributed by atoms with van der Waals surface area (Å²) in [5.74, 6) is 1.53. The number of benzene rings is 2. The minimum Gasteiger partial charge on any atom is -0.341 e. The van der Waals surface area contributed by atoms with Crippen LogP contribution in [0.5, 0.6) is 0 Å². The lowest BCUT2D eigenvalue weighted by Gasteiger charge is -2.26. The summed E-state index contributed by atoms with van der Waals surface area (Å²) in [7, 11) is 0. The van der Waals surface area contributed by atoms with E-state index >= 15 is 0 Å². The maximum absolute atomic E-state index is 5.92. The highest BCUT2D eigenvalue weighted by Gasteiger charge is 2.16. The molecule has 2 N–H and O–H groups in total. The van der Waals surface area contributed by atoms with Gasteiger partial charge in [-0.2, -0.15) is 20.1 Å². The first-order valence-corrected chi connectivity index (χ1v) is 10.0. The Bertz CT molecular complexity index is 955. The fourth-order valence-corrected chi connectivity index (χ4v) is 3.20. The number of para-hydroxylation sites is 1. The molecular formula is C21H22ClN7. The van der Waals surface area contributed by atoms with Gasteiger partial charge in [0.05, 0.1) is 6.21 Å². The molecule has 1 fully saturated rings. The second-order valence-corrected chi connectivity index (χ2v) is 7.18. The van der Waals surface area contributed by atoms with Crippen LogP contribution in [0.25, 0.3) is 0 Å². The molecule has 1 aromatic heterocycles. The van der Waals surface area contributed by atoms with Gasteiger partial charge in [0, 0.05) is 23.8 Å². The van der Waals surface area contributed by atoms with Crippen molar-refractivity contribution in [2.75, 3.05) is 28.7 Å². The fourth-order valence-electron chi connectivity index (χ4n) is 3.07. The largest absolute Gasteiger partial charge is 0.341 e. The molecular weight excluding hydrogens is 386 g/mol. The SMILES string of the molecule is Clc1ccc(/C=N/Nc2nc(Nc3ccccc3)nc(N3CCCCC3)n2)cc1. The molecule has 4 rings (SSSR count). The summed E-state index contributed by atoms with van der Waals surface area (Å²) in [5.41, 5.74) is 4.76. The molecule has 0 radical (unpaired) electrons. The van der Waals surface area contributed by atoms with E-state index in [0.717, 1.165) is 37.2 Å². The van der Waals surface area contributed by atoms with Gasteiger partial charge in [-0.3, -0.25) is 0 Å². The molecule has 7 nitrogen and oxygen atoms in total. The molecule has 0 amide bonds. The zero-order chi connectivity index (χ0) is 19.9. The molecule has 2 heterocycles. The lowest BCUT2D eigenvalue weighted by molar-refractivity contribution is 0.568. The number of nitrogens with zero attached hydrogens (tertiary/aromatic N) is 5. The van der Waals surface area contributed by atoms with Crippen LogP contribution in [0.15, 0.2) is 59.7 Å². The van der Waals surface area contributed by atoms with Crippen LogP contribution in [0, 0.1) is 0 Å². The average molecular weight is 408 g/mol. The van der Waals surface area contributed by atoms with Gasteiger partial charge in [-0.1, -0.05) is 41.9 Å². The maximum Gasteiger partial charge on any atom is 0.250 e. The first kappa shape index (κ1) is 19.1. The Balaban J connectivity index is 1.55. The van der Waals surface area contributed by atoms with E-state index in [1.807, 2.05) is 54.6 Å². The van der Waals surface area contributed by atoms with Crippen molar-refractivity contribution in [3.8, 4) is 0 Å². The molecule has 3 aromatic rings. The summed E-state index contributed by atoms with van der Waals surface area (Å²) in [6.45, 7) is 1.89. The third kappa shape index (κ3) is 5.42. The third-order valence-corrected chi connectivity index (χ3v) is 4.79. The fraction of sp³-hybridized carbons (Fsp3) is 0.238. The van der Waals surface area contributed by atoms with E-state index in [2.05, 4.69) is 35.7 Å². The number of anilines is 4. The zero-order valence-electron chi connectivity index (χ0n) is 15.9. The Kier molecular flexibility index (Phi) is 6.16. The summed E-state index contributed by atoms with van der Waals surface area (Å²) in [6, 6.07) is 17.3. The topological polar surface area (TPSA) is 78.3 Å². The van der Waals surface area contributed by atoms with E-state index in [4.69, 9.17) is 11.6 Å². The molecule has 1 aliphatic rings. The quantitative estimate of drug-likeness (QED) is 0.455.